The number of aliphatic hydroxyl groups is 1. The van der Waals surface area contributed by atoms with Gasteiger partial charge >= 0.3 is 201 Å². The van der Waals surface area contributed by atoms with Crippen LogP contribution in [0.3, 0.4) is 0 Å². The van der Waals surface area contributed by atoms with E-state index in [9.17, 15) is 5.11 Å². The van der Waals surface area contributed by atoms with Crippen LogP contribution in [0.25, 0.3) is 6.08 Å². The first-order valence-electron chi connectivity index (χ1n) is 11.0. The number of nitrogens with zero attached hydrogens (tertiary/aromatic N) is 1. The first kappa shape index (κ1) is 23.9. The Labute approximate surface area is 200 Å². The van der Waals surface area contributed by atoms with Crippen molar-refractivity contribution < 1.29 is 5.11 Å². The third-order valence-electron chi connectivity index (χ3n) is 5.52. The maximum atomic E-state index is 11.3. The molecule has 3 heteroatoms. The molecular formula is C29H31NOSe. The number of allylic oxidation sites excluding steroid dienone is 1. The molecule has 0 aromatic heterocycles. The molecule has 2 atom stereocenters. The van der Waals surface area contributed by atoms with Crippen molar-refractivity contribution in [3.8, 4) is 0 Å². The summed E-state index contributed by atoms with van der Waals surface area (Å²) in [4.78, 5) is 2.33. The van der Waals surface area contributed by atoms with Crippen LogP contribution < -0.4 is 0 Å². The molecule has 0 aliphatic rings. The molecule has 0 radical (unpaired) electrons. The third kappa shape index (κ3) is 6.90. The predicted octanol–water partition coefficient (Wildman–Crippen LogP) is 5.64. The van der Waals surface area contributed by atoms with Gasteiger partial charge in [0.05, 0.1) is 0 Å². The van der Waals surface area contributed by atoms with E-state index < -0.39 is 6.10 Å². The fourth-order valence-electron chi connectivity index (χ4n) is 3.81. The second-order valence-corrected chi connectivity index (χ2v) is 8.92. The van der Waals surface area contributed by atoms with Gasteiger partial charge in [-0.15, -0.1) is 0 Å². The van der Waals surface area contributed by atoms with Crippen molar-refractivity contribution in [2.24, 2.45) is 5.92 Å². The van der Waals surface area contributed by atoms with Crippen LogP contribution in [0.2, 0.25) is 0 Å². The number of rotatable bonds is 11. The van der Waals surface area contributed by atoms with Gasteiger partial charge in [-0.05, 0) is 0 Å². The van der Waals surface area contributed by atoms with E-state index >= 15 is 0 Å². The van der Waals surface area contributed by atoms with Crippen LogP contribution in [0.5, 0.6) is 0 Å². The van der Waals surface area contributed by atoms with Gasteiger partial charge in [0.1, 0.15) is 0 Å². The van der Waals surface area contributed by atoms with E-state index in [0.717, 1.165) is 28.8 Å². The minimum absolute atomic E-state index is 0.0973. The SMILES string of the molecule is C=CC[C@H](C(=[Se])N(Cc1ccccc1)Cc1ccccc1)[C@@H](O)/C(C)=C/c1ccccc1. The normalized spacial score (nSPS) is 13.2. The third-order valence-corrected chi connectivity index (χ3v) is 6.70. The first-order valence-corrected chi connectivity index (χ1v) is 11.8. The van der Waals surface area contributed by atoms with E-state index in [2.05, 4.69) is 93.8 Å². The monoisotopic (exact) mass is 489 g/mol. The molecule has 0 heterocycles. The summed E-state index contributed by atoms with van der Waals surface area (Å²) in [6.45, 7) is 7.49. The summed E-state index contributed by atoms with van der Waals surface area (Å²) in [6.07, 6.45) is 4.03. The number of hydrogen-bond acceptors (Lipinski definition) is 2. The van der Waals surface area contributed by atoms with E-state index in [4.69, 9.17) is 0 Å². The molecule has 0 fully saturated rings. The summed E-state index contributed by atoms with van der Waals surface area (Å²) in [5, 5.41) is 11.3. The van der Waals surface area contributed by atoms with Crippen molar-refractivity contribution in [3.63, 3.8) is 0 Å². The van der Waals surface area contributed by atoms with Gasteiger partial charge in [0.2, 0.25) is 0 Å². The summed E-state index contributed by atoms with van der Waals surface area (Å²) < 4.78 is 1.05. The van der Waals surface area contributed by atoms with Crippen molar-refractivity contribution in [3.05, 3.63) is 126 Å². The van der Waals surface area contributed by atoms with Crippen LogP contribution in [-0.2, 0) is 13.1 Å². The van der Waals surface area contributed by atoms with Crippen LogP contribution in [0, 0.1) is 5.92 Å². The van der Waals surface area contributed by atoms with Gasteiger partial charge in [0.25, 0.3) is 0 Å². The molecule has 32 heavy (non-hydrogen) atoms. The predicted molar refractivity (Wildman–Crippen MR) is 137 cm³/mol. The molecule has 0 unspecified atom stereocenters. The molecule has 3 aromatic rings. The molecule has 0 saturated carbocycles. The Hall–Kier alpha value is -2.71. The van der Waals surface area contributed by atoms with Gasteiger partial charge in [-0.3, -0.25) is 0 Å². The van der Waals surface area contributed by atoms with Gasteiger partial charge in [-0.25, -0.2) is 0 Å². The quantitative estimate of drug-likeness (QED) is 0.279. The van der Waals surface area contributed by atoms with Gasteiger partial charge in [0, 0.05) is 0 Å². The number of aliphatic hydroxyl groups excluding tert-OH is 1. The van der Waals surface area contributed by atoms with E-state index in [1.165, 1.54) is 11.1 Å². The molecule has 164 valence electrons. The van der Waals surface area contributed by atoms with Crippen molar-refractivity contribution in [2.45, 2.75) is 32.5 Å². The van der Waals surface area contributed by atoms with Gasteiger partial charge in [-0.2, -0.15) is 0 Å². The summed E-state index contributed by atoms with van der Waals surface area (Å²) in [5.41, 5.74) is 4.50. The van der Waals surface area contributed by atoms with Crippen LogP contribution in [0.15, 0.2) is 109 Å². The fraction of sp³-hybridized carbons (Fsp3) is 0.207. The van der Waals surface area contributed by atoms with Crippen LogP contribution in [0.4, 0.5) is 0 Å². The average Bonchev–Trinajstić information content (AvgIpc) is 2.83. The Bertz CT molecular complexity index is 973. The molecule has 0 spiro atoms. The summed E-state index contributed by atoms with van der Waals surface area (Å²) in [7, 11) is 0. The van der Waals surface area contributed by atoms with Crippen molar-refractivity contribution >= 4 is 26.2 Å². The topological polar surface area (TPSA) is 23.5 Å². The van der Waals surface area contributed by atoms with E-state index in [1.807, 2.05) is 43.3 Å². The molecule has 0 amide bonds. The van der Waals surface area contributed by atoms with Crippen LogP contribution >= 0.6 is 0 Å². The molecule has 0 bridgehead atoms. The van der Waals surface area contributed by atoms with Gasteiger partial charge < -0.3 is 0 Å². The van der Waals surface area contributed by atoms with Crippen LogP contribution in [-0.4, -0.2) is 36.2 Å². The molecule has 3 rings (SSSR count). The molecular weight excluding hydrogens is 457 g/mol. The zero-order valence-electron chi connectivity index (χ0n) is 18.6. The van der Waals surface area contributed by atoms with E-state index in [0.29, 0.717) is 6.42 Å². The molecule has 0 saturated heterocycles. The van der Waals surface area contributed by atoms with Crippen molar-refractivity contribution in [1.82, 2.24) is 4.90 Å². The molecule has 0 aliphatic carbocycles. The number of benzene rings is 3. The summed E-state index contributed by atoms with van der Waals surface area (Å²) in [5.74, 6) is -0.0973. The van der Waals surface area contributed by atoms with Crippen LogP contribution in [0.1, 0.15) is 30.0 Å². The second-order valence-electron chi connectivity index (χ2n) is 8.04. The number of hydrogen-bond donors (Lipinski definition) is 1. The van der Waals surface area contributed by atoms with Crippen molar-refractivity contribution in [2.75, 3.05) is 0 Å². The fourth-order valence-corrected chi connectivity index (χ4v) is 4.56. The second kappa shape index (κ2) is 12.4. The van der Waals surface area contributed by atoms with Gasteiger partial charge in [0.15, 0.2) is 0 Å². The Balaban J connectivity index is 1.87. The molecule has 2 nitrogen and oxygen atoms in total. The van der Waals surface area contributed by atoms with Gasteiger partial charge in [-0.1, -0.05) is 0 Å². The Morgan fingerprint density at radius 3 is 1.81 bits per heavy atom. The molecule has 1 N–H and O–H groups in total. The zero-order valence-corrected chi connectivity index (χ0v) is 20.3. The Morgan fingerprint density at radius 2 is 1.34 bits per heavy atom. The minimum atomic E-state index is -0.612. The zero-order chi connectivity index (χ0) is 22.8. The Kier molecular flexibility index (Phi) is 9.25. The Morgan fingerprint density at radius 1 is 0.875 bits per heavy atom. The average molecular weight is 489 g/mol. The summed E-state index contributed by atoms with van der Waals surface area (Å²) >= 11 is 3.31. The van der Waals surface area contributed by atoms with E-state index in [-0.39, 0.29) is 5.92 Å². The van der Waals surface area contributed by atoms with Crippen molar-refractivity contribution in [1.29, 1.82) is 0 Å². The standard InChI is InChI=1S/C29H31NOSe/c1-3-13-27(28(31)23(2)20-24-14-7-4-8-15-24)29(32)30(21-25-16-9-5-10-17-25)22-26-18-11-6-12-19-26/h3-12,14-20,27-28,31H,1,13,21-22H2,2H3/b23-20+/t27-,28-/m0/s1. The summed E-state index contributed by atoms with van der Waals surface area (Å²) in [6, 6.07) is 31.1. The molecule has 3 aromatic carbocycles. The maximum absolute atomic E-state index is 11.3. The molecule has 0 aliphatic heterocycles. The van der Waals surface area contributed by atoms with E-state index in [1.54, 1.807) is 0 Å². The first-order chi connectivity index (χ1) is 15.6.